The Kier molecular flexibility index (Phi) is 7.10. The number of hydrogen-bond donors (Lipinski definition) is 2. The van der Waals surface area contributed by atoms with Gasteiger partial charge in [0, 0.05) is 0 Å². The highest BCUT2D eigenvalue weighted by atomic mass is 16.6. The Morgan fingerprint density at radius 1 is 1.07 bits per heavy atom. The number of aliphatic hydroxyl groups excluding tert-OH is 1. The summed E-state index contributed by atoms with van der Waals surface area (Å²) in [5.74, 6) is -0.481. The van der Waals surface area contributed by atoms with Crippen molar-refractivity contribution in [3.63, 3.8) is 0 Å². The Bertz CT molecular complexity index is 750. The maximum Gasteiger partial charge on any atom is 0.343 e. The molecule has 0 aromatic heterocycles. The minimum absolute atomic E-state index is 0.0406. The molecule has 0 aliphatic heterocycles. The lowest BCUT2D eigenvalue weighted by atomic mass is 10.1. The van der Waals surface area contributed by atoms with Gasteiger partial charge in [-0.25, -0.2) is 4.79 Å². The zero-order valence-corrected chi connectivity index (χ0v) is 15.6. The summed E-state index contributed by atoms with van der Waals surface area (Å²) in [6.45, 7) is 6.72. The average molecular weight is 370 g/mol. The molecule has 0 aliphatic carbocycles. The molecule has 2 aromatic rings. The highest BCUT2D eigenvalue weighted by Gasteiger charge is 2.16. The van der Waals surface area contributed by atoms with Crippen LogP contribution >= 0.6 is 0 Å². The Balaban J connectivity index is 1.82. The molecule has 0 saturated heterocycles. The second-order valence-electron chi connectivity index (χ2n) is 6.90. The number of carbonyl (C=O) groups is 2. The topological polar surface area (TPSA) is 84.9 Å². The number of esters is 2. The summed E-state index contributed by atoms with van der Waals surface area (Å²) in [7, 11) is 0. The lowest BCUT2D eigenvalue weighted by Crippen LogP contribution is -2.31. The molecule has 0 saturated carbocycles. The summed E-state index contributed by atoms with van der Waals surface area (Å²) < 4.78 is 10.4. The van der Waals surface area contributed by atoms with Crippen LogP contribution in [-0.2, 0) is 9.53 Å². The van der Waals surface area contributed by atoms with E-state index in [1.54, 1.807) is 69.3 Å². The van der Waals surface area contributed by atoms with Gasteiger partial charge in [-0.05, 0) is 50.6 Å². The third-order valence-corrected chi connectivity index (χ3v) is 3.38. The number of nitrogens with one attached hydrogen (secondary N) is 1. The summed E-state index contributed by atoms with van der Waals surface area (Å²) in [4.78, 5) is 23.6. The van der Waals surface area contributed by atoms with E-state index in [-0.39, 0.29) is 6.54 Å². The molecule has 0 amide bonds. The Hall–Kier alpha value is -2.70. The highest BCUT2D eigenvalue weighted by Crippen LogP contribution is 2.20. The fourth-order valence-electron chi connectivity index (χ4n) is 2.20. The molecule has 0 spiro atoms. The van der Waals surface area contributed by atoms with Gasteiger partial charge in [-0.1, -0.05) is 30.3 Å². The molecule has 0 fully saturated rings. The van der Waals surface area contributed by atoms with E-state index in [1.807, 2.05) is 6.07 Å². The quantitative estimate of drug-likeness (QED) is 0.576. The number of hydrogen-bond acceptors (Lipinski definition) is 6. The Labute approximate surface area is 159 Å². The minimum atomic E-state index is -0.925. The number of aliphatic hydroxyl groups is 1. The summed E-state index contributed by atoms with van der Waals surface area (Å²) in [5, 5.41) is 12.9. The van der Waals surface area contributed by atoms with Crippen LogP contribution < -0.4 is 10.1 Å². The molecule has 0 heterocycles. The van der Waals surface area contributed by atoms with E-state index in [2.05, 4.69) is 5.32 Å². The van der Waals surface area contributed by atoms with Crippen molar-refractivity contribution >= 4 is 11.9 Å². The SMILES string of the molecule is CC(C)(C)OC(=O)CN[CH]C(O)c1ccc(OC(=O)c2ccccc2)cc1. The third kappa shape index (κ3) is 7.21. The Morgan fingerprint density at radius 3 is 2.30 bits per heavy atom. The first-order valence-corrected chi connectivity index (χ1v) is 8.58. The Morgan fingerprint density at radius 2 is 1.70 bits per heavy atom. The minimum Gasteiger partial charge on any atom is -0.459 e. The molecule has 2 N–H and O–H groups in total. The summed E-state index contributed by atoms with van der Waals surface area (Å²) in [5.41, 5.74) is 0.497. The van der Waals surface area contributed by atoms with Crippen LogP contribution in [-0.4, -0.2) is 29.2 Å². The molecule has 1 radical (unpaired) electrons. The van der Waals surface area contributed by atoms with Crippen LogP contribution in [0.15, 0.2) is 54.6 Å². The van der Waals surface area contributed by atoms with Crippen molar-refractivity contribution in [1.82, 2.24) is 5.32 Å². The van der Waals surface area contributed by atoms with Crippen molar-refractivity contribution in [3.05, 3.63) is 72.3 Å². The summed E-state index contributed by atoms with van der Waals surface area (Å²) in [6.07, 6.45) is -0.925. The van der Waals surface area contributed by atoms with Crippen LogP contribution in [0.4, 0.5) is 0 Å². The molecule has 6 heteroatoms. The van der Waals surface area contributed by atoms with Crippen LogP contribution in [0.5, 0.6) is 5.75 Å². The van der Waals surface area contributed by atoms with Crippen molar-refractivity contribution in [1.29, 1.82) is 0 Å². The van der Waals surface area contributed by atoms with Gasteiger partial charge in [0.25, 0.3) is 0 Å². The van der Waals surface area contributed by atoms with Gasteiger partial charge in [-0.2, -0.15) is 0 Å². The zero-order chi connectivity index (χ0) is 19.9. The van der Waals surface area contributed by atoms with Crippen LogP contribution in [0.25, 0.3) is 0 Å². The van der Waals surface area contributed by atoms with Crippen molar-refractivity contribution in [3.8, 4) is 5.75 Å². The number of benzene rings is 2. The first kappa shape index (κ1) is 20.6. The summed E-state index contributed by atoms with van der Waals surface area (Å²) >= 11 is 0. The first-order chi connectivity index (χ1) is 12.7. The number of rotatable bonds is 7. The van der Waals surface area contributed by atoms with Gasteiger partial charge in [0.1, 0.15) is 11.4 Å². The van der Waals surface area contributed by atoms with Gasteiger partial charge in [-0.15, -0.1) is 0 Å². The van der Waals surface area contributed by atoms with Gasteiger partial charge < -0.3 is 14.6 Å². The lowest BCUT2D eigenvalue weighted by Gasteiger charge is -2.20. The number of carbonyl (C=O) groups excluding carboxylic acids is 2. The third-order valence-electron chi connectivity index (χ3n) is 3.38. The van der Waals surface area contributed by atoms with E-state index in [1.165, 1.54) is 6.54 Å². The van der Waals surface area contributed by atoms with E-state index in [0.29, 0.717) is 16.9 Å². The van der Waals surface area contributed by atoms with Crippen molar-refractivity contribution < 1.29 is 24.2 Å². The standard InChI is InChI=1S/C21H24NO5/c1-21(2,3)27-19(24)14-22-13-18(23)15-9-11-17(12-10-15)26-20(25)16-7-5-4-6-8-16/h4-13,18,22-23H,14H2,1-3H3. The highest BCUT2D eigenvalue weighted by molar-refractivity contribution is 5.90. The monoisotopic (exact) mass is 370 g/mol. The van der Waals surface area contributed by atoms with Gasteiger partial charge in [-0.3, -0.25) is 10.1 Å². The average Bonchev–Trinajstić information content (AvgIpc) is 2.61. The smallest absolute Gasteiger partial charge is 0.343 e. The van der Waals surface area contributed by atoms with E-state index in [9.17, 15) is 14.7 Å². The molecule has 27 heavy (non-hydrogen) atoms. The molecular formula is C21H24NO5. The maximum absolute atomic E-state index is 12.0. The largest absolute Gasteiger partial charge is 0.459 e. The van der Waals surface area contributed by atoms with Crippen LogP contribution in [0.1, 0.15) is 42.8 Å². The molecule has 0 bridgehead atoms. The number of ether oxygens (including phenoxy) is 2. The van der Waals surface area contributed by atoms with Crippen molar-refractivity contribution in [2.75, 3.05) is 6.54 Å². The van der Waals surface area contributed by atoms with Crippen molar-refractivity contribution in [2.24, 2.45) is 0 Å². The summed E-state index contributed by atoms with van der Waals surface area (Å²) in [6, 6.07) is 15.2. The lowest BCUT2D eigenvalue weighted by molar-refractivity contribution is -0.153. The molecule has 2 aromatic carbocycles. The van der Waals surface area contributed by atoms with Crippen LogP contribution in [0, 0.1) is 6.54 Å². The normalized spacial score (nSPS) is 12.3. The van der Waals surface area contributed by atoms with Gasteiger partial charge in [0.15, 0.2) is 0 Å². The van der Waals surface area contributed by atoms with Gasteiger partial charge in [0.05, 0.1) is 24.8 Å². The van der Waals surface area contributed by atoms with Gasteiger partial charge in [0.2, 0.25) is 0 Å². The molecular weight excluding hydrogens is 346 g/mol. The first-order valence-electron chi connectivity index (χ1n) is 8.58. The second kappa shape index (κ2) is 9.30. The maximum atomic E-state index is 12.0. The molecule has 143 valence electrons. The van der Waals surface area contributed by atoms with E-state index in [0.717, 1.165) is 0 Å². The fraction of sp³-hybridized carbons (Fsp3) is 0.286. The van der Waals surface area contributed by atoms with Crippen LogP contribution in [0.2, 0.25) is 0 Å². The fourth-order valence-corrected chi connectivity index (χ4v) is 2.20. The van der Waals surface area contributed by atoms with Gasteiger partial charge >= 0.3 is 11.9 Å². The van der Waals surface area contributed by atoms with E-state index < -0.39 is 23.6 Å². The predicted octanol–water partition coefficient (Wildman–Crippen LogP) is 3.03. The molecule has 2 rings (SSSR count). The van der Waals surface area contributed by atoms with E-state index in [4.69, 9.17) is 9.47 Å². The molecule has 0 aliphatic rings. The van der Waals surface area contributed by atoms with Crippen molar-refractivity contribution in [2.45, 2.75) is 32.5 Å². The molecule has 6 nitrogen and oxygen atoms in total. The molecule has 1 atom stereocenters. The second-order valence-corrected chi connectivity index (χ2v) is 6.90. The van der Waals surface area contributed by atoms with E-state index >= 15 is 0 Å². The van der Waals surface area contributed by atoms with Crippen LogP contribution in [0.3, 0.4) is 0 Å². The predicted molar refractivity (Wildman–Crippen MR) is 101 cm³/mol. The molecule has 1 unspecified atom stereocenters. The zero-order valence-electron chi connectivity index (χ0n) is 15.6.